The number of nitrogens with two attached hydrogens (primary N) is 1. The number of hydrogen-bond acceptors (Lipinski definition) is 3. The van der Waals surface area contributed by atoms with Crippen molar-refractivity contribution in [1.82, 2.24) is 5.32 Å². The van der Waals surface area contributed by atoms with E-state index in [2.05, 4.69) is 10.1 Å². The number of halogens is 4. The monoisotopic (exact) mass is 354 g/mol. The molecule has 0 bridgehead atoms. The summed E-state index contributed by atoms with van der Waals surface area (Å²) in [5, 5.41) is 2.56. The molecule has 0 saturated carbocycles. The number of ether oxygens (including phenoxy) is 1. The van der Waals surface area contributed by atoms with Gasteiger partial charge in [0.1, 0.15) is 11.6 Å². The second kappa shape index (κ2) is 9.62. The zero-order chi connectivity index (χ0) is 16.8. The van der Waals surface area contributed by atoms with E-state index in [9.17, 15) is 18.0 Å². The Morgan fingerprint density at radius 1 is 1.35 bits per heavy atom. The fraction of sp³-hybridized carbons (Fsp3) is 0.533. The van der Waals surface area contributed by atoms with E-state index in [4.69, 9.17) is 5.73 Å². The third-order valence-corrected chi connectivity index (χ3v) is 3.94. The summed E-state index contributed by atoms with van der Waals surface area (Å²) in [4.78, 5) is 12.3. The molecule has 0 spiro atoms. The first-order valence-electron chi connectivity index (χ1n) is 7.10. The van der Waals surface area contributed by atoms with Crippen molar-refractivity contribution in [3.8, 4) is 5.75 Å². The Bertz CT molecular complexity index is 503. The molecule has 132 valence electrons. The van der Waals surface area contributed by atoms with Crippen molar-refractivity contribution in [3.05, 3.63) is 29.6 Å². The lowest BCUT2D eigenvalue weighted by Gasteiger charge is -2.28. The van der Waals surface area contributed by atoms with E-state index in [1.54, 1.807) is 0 Å². The molecule has 3 N–H and O–H groups in total. The molecule has 0 aliphatic heterocycles. The van der Waals surface area contributed by atoms with Crippen LogP contribution in [0.5, 0.6) is 5.75 Å². The SMILES string of the molecule is CCC(CC)(CN)C(=O)NCc1c(F)cccc1OC(F)F.Cl. The van der Waals surface area contributed by atoms with E-state index in [-0.39, 0.29) is 42.7 Å². The molecule has 0 aliphatic rings. The summed E-state index contributed by atoms with van der Waals surface area (Å²) >= 11 is 0. The van der Waals surface area contributed by atoms with Gasteiger partial charge in [-0.25, -0.2) is 4.39 Å². The van der Waals surface area contributed by atoms with E-state index in [0.29, 0.717) is 12.8 Å². The molecular weight excluding hydrogens is 333 g/mol. The molecular formula is C15H22ClF3N2O2. The van der Waals surface area contributed by atoms with Gasteiger partial charge in [0.25, 0.3) is 0 Å². The minimum atomic E-state index is -3.06. The Labute approximate surface area is 140 Å². The van der Waals surface area contributed by atoms with Crippen molar-refractivity contribution in [2.75, 3.05) is 6.54 Å². The summed E-state index contributed by atoms with van der Waals surface area (Å²) in [5.41, 5.74) is 4.81. The highest BCUT2D eigenvalue weighted by Gasteiger charge is 2.33. The summed E-state index contributed by atoms with van der Waals surface area (Å²) in [6.07, 6.45) is 1.06. The van der Waals surface area contributed by atoms with Crippen LogP contribution in [0.4, 0.5) is 13.2 Å². The van der Waals surface area contributed by atoms with Crippen LogP contribution in [0.25, 0.3) is 0 Å². The van der Waals surface area contributed by atoms with Crippen LogP contribution in [0.1, 0.15) is 32.3 Å². The largest absolute Gasteiger partial charge is 0.434 e. The lowest BCUT2D eigenvalue weighted by atomic mass is 9.81. The van der Waals surface area contributed by atoms with Crippen molar-refractivity contribution >= 4 is 18.3 Å². The van der Waals surface area contributed by atoms with Gasteiger partial charge in [-0.15, -0.1) is 12.4 Å². The van der Waals surface area contributed by atoms with E-state index in [0.717, 1.165) is 6.07 Å². The second-order valence-corrected chi connectivity index (χ2v) is 4.97. The van der Waals surface area contributed by atoms with Gasteiger partial charge in [0.05, 0.1) is 5.41 Å². The Hall–Kier alpha value is -1.47. The molecule has 0 unspecified atom stereocenters. The zero-order valence-electron chi connectivity index (χ0n) is 13.1. The van der Waals surface area contributed by atoms with Gasteiger partial charge in [0.2, 0.25) is 5.91 Å². The lowest BCUT2D eigenvalue weighted by Crippen LogP contribution is -2.45. The number of hydrogen-bond donors (Lipinski definition) is 2. The maximum Gasteiger partial charge on any atom is 0.387 e. The van der Waals surface area contributed by atoms with Crippen molar-refractivity contribution in [1.29, 1.82) is 0 Å². The second-order valence-electron chi connectivity index (χ2n) is 4.97. The van der Waals surface area contributed by atoms with Crippen LogP contribution in [-0.4, -0.2) is 19.1 Å². The topological polar surface area (TPSA) is 64.4 Å². The summed E-state index contributed by atoms with van der Waals surface area (Å²) in [7, 11) is 0. The Morgan fingerprint density at radius 3 is 2.43 bits per heavy atom. The van der Waals surface area contributed by atoms with Gasteiger partial charge in [-0.3, -0.25) is 4.79 Å². The summed E-state index contributed by atoms with van der Waals surface area (Å²) in [5.74, 6) is -1.34. The lowest BCUT2D eigenvalue weighted by molar-refractivity contribution is -0.131. The van der Waals surface area contributed by atoms with Crippen molar-refractivity contribution in [2.24, 2.45) is 11.1 Å². The van der Waals surface area contributed by atoms with Crippen LogP contribution >= 0.6 is 12.4 Å². The number of rotatable bonds is 8. The number of amides is 1. The highest BCUT2D eigenvalue weighted by Crippen LogP contribution is 2.27. The van der Waals surface area contributed by atoms with Gasteiger partial charge in [0.15, 0.2) is 0 Å². The standard InChI is InChI=1S/C15H21F3N2O2.ClH/c1-3-15(4-2,9-19)13(21)20-8-10-11(16)6-5-7-12(10)22-14(17)18;/h5-7,14H,3-4,8-9,19H2,1-2H3,(H,20,21);1H. The summed E-state index contributed by atoms with van der Waals surface area (Å²) in [6, 6.07) is 3.61. The van der Waals surface area contributed by atoms with E-state index >= 15 is 0 Å². The number of alkyl halides is 2. The molecule has 0 aliphatic carbocycles. The van der Waals surface area contributed by atoms with Gasteiger partial charge in [0, 0.05) is 18.7 Å². The van der Waals surface area contributed by atoms with Gasteiger partial charge >= 0.3 is 6.61 Å². The number of carbonyl (C=O) groups excluding carboxylic acids is 1. The molecule has 0 aromatic heterocycles. The van der Waals surface area contributed by atoms with E-state index in [1.165, 1.54) is 12.1 Å². The average molecular weight is 355 g/mol. The van der Waals surface area contributed by atoms with Crippen molar-refractivity contribution < 1.29 is 22.7 Å². The van der Waals surface area contributed by atoms with Crippen LogP contribution in [0.15, 0.2) is 18.2 Å². The van der Waals surface area contributed by atoms with Crippen LogP contribution in [0, 0.1) is 11.2 Å². The first kappa shape index (κ1) is 21.5. The smallest absolute Gasteiger partial charge is 0.387 e. The first-order chi connectivity index (χ1) is 10.4. The molecule has 0 saturated heterocycles. The quantitative estimate of drug-likeness (QED) is 0.753. The van der Waals surface area contributed by atoms with Gasteiger partial charge in [-0.05, 0) is 25.0 Å². The fourth-order valence-electron chi connectivity index (χ4n) is 2.23. The van der Waals surface area contributed by atoms with Crippen molar-refractivity contribution in [3.63, 3.8) is 0 Å². The van der Waals surface area contributed by atoms with Gasteiger partial charge in [-0.1, -0.05) is 19.9 Å². The third-order valence-electron chi connectivity index (χ3n) is 3.94. The fourth-order valence-corrected chi connectivity index (χ4v) is 2.23. The molecule has 0 atom stereocenters. The van der Waals surface area contributed by atoms with Crippen LogP contribution in [0.2, 0.25) is 0 Å². The number of nitrogens with one attached hydrogen (secondary N) is 1. The van der Waals surface area contributed by atoms with Crippen LogP contribution in [-0.2, 0) is 11.3 Å². The average Bonchev–Trinajstić information content (AvgIpc) is 2.48. The van der Waals surface area contributed by atoms with Crippen LogP contribution < -0.4 is 15.8 Å². The number of carbonyl (C=O) groups is 1. The highest BCUT2D eigenvalue weighted by molar-refractivity contribution is 5.85. The molecule has 0 radical (unpaired) electrons. The maximum absolute atomic E-state index is 13.8. The molecule has 1 amide bonds. The molecule has 1 aromatic rings. The van der Waals surface area contributed by atoms with Crippen LogP contribution in [0.3, 0.4) is 0 Å². The number of benzene rings is 1. The minimum Gasteiger partial charge on any atom is -0.434 e. The third kappa shape index (κ3) is 5.28. The normalized spacial score (nSPS) is 11.1. The Kier molecular flexibility index (Phi) is 9.01. The summed E-state index contributed by atoms with van der Waals surface area (Å²) < 4.78 is 42.7. The predicted octanol–water partition coefficient (Wildman–Crippen LogP) is 3.23. The summed E-state index contributed by atoms with van der Waals surface area (Å²) in [6.45, 7) is 0.527. The van der Waals surface area contributed by atoms with Gasteiger partial charge < -0.3 is 15.8 Å². The molecule has 0 heterocycles. The molecule has 4 nitrogen and oxygen atoms in total. The predicted molar refractivity (Wildman–Crippen MR) is 84.2 cm³/mol. The minimum absolute atomic E-state index is 0. The zero-order valence-corrected chi connectivity index (χ0v) is 13.9. The first-order valence-corrected chi connectivity index (χ1v) is 7.10. The van der Waals surface area contributed by atoms with Crippen molar-refractivity contribution in [2.45, 2.75) is 39.8 Å². The molecule has 1 aromatic carbocycles. The Balaban J connectivity index is 0.00000484. The van der Waals surface area contributed by atoms with E-state index < -0.39 is 17.8 Å². The van der Waals surface area contributed by atoms with E-state index in [1.807, 2.05) is 13.8 Å². The Morgan fingerprint density at radius 2 is 1.96 bits per heavy atom. The van der Waals surface area contributed by atoms with Gasteiger partial charge in [-0.2, -0.15) is 8.78 Å². The molecule has 0 fully saturated rings. The maximum atomic E-state index is 13.8. The molecule has 8 heteroatoms. The molecule has 1 rings (SSSR count). The highest BCUT2D eigenvalue weighted by atomic mass is 35.5. The molecule has 23 heavy (non-hydrogen) atoms.